The summed E-state index contributed by atoms with van der Waals surface area (Å²) in [7, 11) is 0. The lowest BCUT2D eigenvalue weighted by Gasteiger charge is -2.30. The quantitative estimate of drug-likeness (QED) is 0.855. The van der Waals surface area contributed by atoms with E-state index in [0.29, 0.717) is 5.17 Å². The van der Waals surface area contributed by atoms with Gasteiger partial charge < -0.3 is 5.73 Å². The number of aryl methyl sites for hydroxylation is 1. The predicted octanol–water partition coefficient (Wildman–Crippen LogP) is 3.82. The molecule has 2 aromatic carbocycles. The highest BCUT2D eigenvalue weighted by molar-refractivity contribution is 8.13. The number of hydrogen-bond donors (Lipinski definition) is 1. The molecule has 2 N–H and O–H groups in total. The van der Waals surface area contributed by atoms with E-state index in [1.54, 1.807) is 11.8 Å². The summed E-state index contributed by atoms with van der Waals surface area (Å²) in [5.74, 6) is 1.04. The van der Waals surface area contributed by atoms with E-state index in [4.69, 9.17) is 5.73 Å². The summed E-state index contributed by atoms with van der Waals surface area (Å²) >= 11 is 1.65. The second-order valence-corrected chi connectivity index (χ2v) is 6.50. The van der Waals surface area contributed by atoms with Crippen LogP contribution in [0, 0.1) is 6.92 Å². The normalized spacial score (nSPS) is 23.4. The first-order valence-corrected chi connectivity index (χ1v) is 7.54. The maximum Gasteiger partial charge on any atom is 0.154 e. The minimum absolute atomic E-state index is 0.172. The second-order valence-electron chi connectivity index (χ2n) is 5.39. The van der Waals surface area contributed by atoms with E-state index in [2.05, 4.69) is 55.2 Å². The van der Waals surface area contributed by atoms with Gasteiger partial charge in [-0.3, -0.25) is 4.99 Å². The third-order valence-electron chi connectivity index (χ3n) is 3.81. The van der Waals surface area contributed by atoms with Crippen molar-refractivity contribution in [3.63, 3.8) is 0 Å². The van der Waals surface area contributed by atoms with Crippen LogP contribution >= 0.6 is 11.8 Å². The van der Waals surface area contributed by atoms with Gasteiger partial charge in [0.2, 0.25) is 0 Å². The Morgan fingerprint density at radius 2 is 1.89 bits per heavy atom. The molecule has 0 spiro atoms. The predicted molar refractivity (Wildman–Crippen MR) is 84.7 cm³/mol. The number of aliphatic imine (C=N–C) groups is 1. The van der Waals surface area contributed by atoms with E-state index in [9.17, 15) is 0 Å². The average molecular weight is 270 g/mol. The highest BCUT2D eigenvalue weighted by Gasteiger charge is 2.29. The van der Waals surface area contributed by atoms with Crippen molar-refractivity contribution in [3.05, 3.63) is 47.5 Å². The number of nitrogens with two attached hydrogens (primary N) is 1. The summed E-state index contributed by atoms with van der Waals surface area (Å²) < 4.78 is 0. The Morgan fingerprint density at radius 1 is 1.16 bits per heavy atom. The molecule has 1 heterocycles. The van der Waals surface area contributed by atoms with Gasteiger partial charge in [-0.15, -0.1) is 0 Å². The average Bonchev–Trinajstić information content (AvgIpc) is 2.37. The van der Waals surface area contributed by atoms with Crippen molar-refractivity contribution < 1.29 is 0 Å². The van der Waals surface area contributed by atoms with E-state index in [1.807, 2.05) is 0 Å². The van der Waals surface area contributed by atoms with Gasteiger partial charge in [0.05, 0.1) is 5.54 Å². The van der Waals surface area contributed by atoms with Crippen molar-refractivity contribution >= 4 is 27.7 Å². The van der Waals surface area contributed by atoms with Crippen molar-refractivity contribution in [1.29, 1.82) is 0 Å². The Kier molecular flexibility index (Phi) is 3.02. The number of fused-ring (bicyclic) bond motifs is 1. The lowest BCUT2D eigenvalue weighted by molar-refractivity contribution is 0.482. The molecule has 1 atom stereocenters. The smallest absolute Gasteiger partial charge is 0.154 e. The maximum atomic E-state index is 5.89. The Bertz CT molecular complexity index is 663. The number of hydrogen-bond acceptors (Lipinski definition) is 3. The molecule has 0 aliphatic carbocycles. The lowest BCUT2D eigenvalue weighted by atomic mass is 9.88. The number of rotatable bonds is 1. The molecule has 3 rings (SSSR count). The van der Waals surface area contributed by atoms with Gasteiger partial charge in [0.1, 0.15) is 0 Å². The standard InChI is InChI=1S/C16H18N2S/c1-11-3-4-13-10-14(6-5-12(13)9-11)16(2)7-8-19-15(17)18-16/h3-6,9-10H,7-8H2,1-2H3,(H2,17,18). The van der Waals surface area contributed by atoms with Crippen LogP contribution in [0.1, 0.15) is 24.5 Å². The van der Waals surface area contributed by atoms with Crippen LogP contribution in [0.25, 0.3) is 10.8 Å². The van der Waals surface area contributed by atoms with Crippen molar-refractivity contribution in [3.8, 4) is 0 Å². The molecule has 2 nitrogen and oxygen atoms in total. The van der Waals surface area contributed by atoms with E-state index in [-0.39, 0.29) is 5.54 Å². The Labute approximate surface area is 118 Å². The van der Waals surface area contributed by atoms with Gasteiger partial charge >= 0.3 is 0 Å². The molecule has 0 aromatic heterocycles. The summed E-state index contributed by atoms with van der Waals surface area (Å²) in [6.45, 7) is 4.30. The molecule has 1 unspecified atom stereocenters. The molecule has 1 aliphatic rings. The number of amidine groups is 1. The number of nitrogens with zero attached hydrogens (tertiary/aromatic N) is 1. The highest BCUT2D eigenvalue weighted by Crippen LogP contribution is 2.36. The van der Waals surface area contributed by atoms with Gasteiger partial charge in [0.25, 0.3) is 0 Å². The van der Waals surface area contributed by atoms with Gasteiger partial charge in [0, 0.05) is 5.75 Å². The Balaban J connectivity index is 2.10. The Morgan fingerprint density at radius 3 is 2.68 bits per heavy atom. The van der Waals surface area contributed by atoms with Crippen molar-refractivity contribution in [2.24, 2.45) is 10.7 Å². The van der Waals surface area contributed by atoms with Crippen molar-refractivity contribution in [2.75, 3.05) is 5.75 Å². The third kappa shape index (κ3) is 2.35. The molecule has 0 saturated heterocycles. The van der Waals surface area contributed by atoms with Crippen LogP contribution in [0.4, 0.5) is 0 Å². The van der Waals surface area contributed by atoms with Crippen LogP contribution in [0.2, 0.25) is 0 Å². The summed E-state index contributed by atoms with van der Waals surface area (Å²) in [6, 6.07) is 13.2. The number of benzene rings is 2. The summed E-state index contributed by atoms with van der Waals surface area (Å²) in [6.07, 6.45) is 1.04. The largest absolute Gasteiger partial charge is 0.379 e. The maximum absolute atomic E-state index is 5.89. The first kappa shape index (κ1) is 12.5. The molecule has 0 radical (unpaired) electrons. The van der Waals surface area contributed by atoms with Crippen LogP contribution in [0.5, 0.6) is 0 Å². The molecule has 98 valence electrons. The first-order chi connectivity index (χ1) is 9.07. The third-order valence-corrected chi connectivity index (χ3v) is 4.61. The molecule has 0 bridgehead atoms. The van der Waals surface area contributed by atoms with Crippen LogP contribution in [0.3, 0.4) is 0 Å². The fraction of sp³-hybridized carbons (Fsp3) is 0.312. The van der Waals surface area contributed by atoms with Gasteiger partial charge in [-0.25, -0.2) is 0 Å². The SMILES string of the molecule is Cc1ccc2cc(C3(C)CCSC(N)=N3)ccc2c1. The molecule has 0 amide bonds. The molecule has 0 saturated carbocycles. The fourth-order valence-corrected chi connectivity index (χ4v) is 3.57. The summed E-state index contributed by atoms with van der Waals surface area (Å²) in [5.41, 5.74) is 8.27. The minimum Gasteiger partial charge on any atom is -0.379 e. The van der Waals surface area contributed by atoms with Gasteiger partial charge in [-0.2, -0.15) is 0 Å². The van der Waals surface area contributed by atoms with Crippen LogP contribution in [0.15, 0.2) is 41.4 Å². The van der Waals surface area contributed by atoms with E-state index >= 15 is 0 Å². The summed E-state index contributed by atoms with van der Waals surface area (Å²) in [4.78, 5) is 4.67. The molecule has 2 aromatic rings. The summed E-state index contributed by atoms with van der Waals surface area (Å²) in [5, 5.41) is 3.27. The first-order valence-electron chi connectivity index (χ1n) is 6.56. The zero-order valence-electron chi connectivity index (χ0n) is 11.3. The van der Waals surface area contributed by atoms with Crippen LogP contribution < -0.4 is 5.73 Å². The molecular formula is C16H18N2S. The molecule has 19 heavy (non-hydrogen) atoms. The molecule has 1 aliphatic heterocycles. The monoisotopic (exact) mass is 270 g/mol. The van der Waals surface area contributed by atoms with Crippen LogP contribution in [-0.4, -0.2) is 10.9 Å². The minimum atomic E-state index is -0.172. The van der Waals surface area contributed by atoms with E-state index < -0.39 is 0 Å². The van der Waals surface area contributed by atoms with Crippen LogP contribution in [-0.2, 0) is 5.54 Å². The van der Waals surface area contributed by atoms with E-state index in [1.165, 1.54) is 21.9 Å². The van der Waals surface area contributed by atoms with Crippen molar-refractivity contribution in [1.82, 2.24) is 0 Å². The topological polar surface area (TPSA) is 38.4 Å². The number of thioether (sulfide) groups is 1. The highest BCUT2D eigenvalue weighted by atomic mass is 32.2. The lowest BCUT2D eigenvalue weighted by Crippen LogP contribution is -2.28. The van der Waals surface area contributed by atoms with E-state index in [0.717, 1.165) is 12.2 Å². The second kappa shape index (κ2) is 4.57. The molecular weight excluding hydrogens is 252 g/mol. The Hall–Kier alpha value is -1.48. The zero-order valence-corrected chi connectivity index (χ0v) is 12.1. The zero-order chi connectivity index (χ0) is 13.5. The van der Waals surface area contributed by atoms with Gasteiger partial charge in [-0.1, -0.05) is 47.7 Å². The van der Waals surface area contributed by atoms with Crippen molar-refractivity contribution in [2.45, 2.75) is 25.8 Å². The molecule has 3 heteroatoms. The van der Waals surface area contributed by atoms with Gasteiger partial charge in [-0.05, 0) is 42.7 Å². The fourth-order valence-electron chi connectivity index (χ4n) is 2.59. The van der Waals surface area contributed by atoms with Gasteiger partial charge in [0.15, 0.2) is 5.17 Å². The molecule has 0 fully saturated rings.